The third kappa shape index (κ3) is 4.12. The molecule has 4 nitrogen and oxygen atoms in total. The second-order valence-electron chi connectivity index (χ2n) is 4.09. The van der Waals surface area contributed by atoms with Gasteiger partial charge in [-0.3, -0.25) is 0 Å². The van der Waals surface area contributed by atoms with Crippen LogP contribution in [0.15, 0.2) is 60.7 Å². The van der Waals surface area contributed by atoms with Crippen LogP contribution < -0.4 is 15.8 Å². The Hall–Kier alpha value is -2.33. The van der Waals surface area contributed by atoms with Gasteiger partial charge in [-0.05, 0) is 24.3 Å². The Morgan fingerprint density at radius 1 is 1.05 bits per heavy atom. The van der Waals surface area contributed by atoms with Crippen molar-refractivity contribution in [1.82, 2.24) is 0 Å². The number of rotatable bonds is 5. The van der Waals surface area contributed by atoms with Gasteiger partial charge >= 0.3 is 5.97 Å². The molecule has 0 bridgehead atoms. The minimum Gasteiger partial charge on any atom is -0.425 e. The molecule has 0 aliphatic heterocycles. The average Bonchev–Trinajstić information content (AvgIpc) is 2.47. The number of esters is 1. The van der Waals surface area contributed by atoms with Crippen LogP contribution in [0.3, 0.4) is 0 Å². The number of hydrogen-bond acceptors (Lipinski definition) is 4. The highest BCUT2D eigenvalue weighted by Gasteiger charge is 2.15. The number of para-hydroxylation sites is 2. The molecule has 1 atom stereocenters. The van der Waals surface area contributed by atoms with Gasteiger partial charge in [-0.15, -0.1) is 0 Å². The van der Waals surface area contributed by atoms with Crippen LogP contribution in [0, 0.1) is 0 Å². The Kier molecular flexibility index (Phi) is 4.53. The number of carbonyl (C=O) groups excluding carboxylic acids is 1. The Morgan fingerprint density at radius 3 is 2.26 bits per heavy atom. The number of carbonyl (C=O) groups is 1. The summed E-state index contributed by atoms with van der Waals surface area (Å²) >= 11 is 0. The minimum absolute atomic E-state index is 0.329. The number of nitrogens with two attached hydrogens (primary N) is 1. The highest BCUT2D eigenvalue weighted by atomic mass is 16.5. The molecular weight excluding hydrogens is 240 g/mol. The SMILES string of the molecule is NC(CNc1ccccc1)C(=O)Oc1ccccc1. The van der Waals surface area contributed by atoms with Crippen molar-refractivity contribution in [3.63, 3.8) is 0 Å². The minimum atomic E-state index is -0.708. The molecule has 0 radical (unpaired) electrons. The molecule has 2 rings (SSSR count). The van der Waals surface area contributed by atoms with Gasteiger partial charge < -0.3 is 15.8 Å². The third-order valence-corrected chi connectivity index (χ3v) is 2.56. The zero-order chi connectivity index (χ0) is 13.5. The van der Waals surface area contributed by atoms with Crippen LogP contribution in [-0.2, 0) is 4.79 Å². The van der Waals surface area contributed by atoms with Gasteiger partial charge in [0.25, 0.3) is 0 Å². The maximum absolute atomic E-state index is 11.7. The van der Waals surface area contributed by atoms with Crippen LogP contribution in [-0.4, -0.2) is 18.6 Å². The van der Waals surface area contributed by atoms with Crippen molar-refractivity contribution in [3.8, 4) is 5.75 Å². The lowest BCUT2D eigenvalue weighted by molar-refractivity contribution is -0.135. The average molecular weight is 256 g/mol. The lowest BCUT2D eigenvalue weighted by atomic mass is 10.2. The van der Waals surface area contributed by atoms with E-state index in [0.717, 1.165) is 5.69 Å². The predicted molar refractivity (Wildman–Crippen MR) is 75.0 cm³/mol. The smallest absolute Gasteiger partial charge is 0.330 e. The number of anilines is 1. The lowest BCUT2D eigenvalue weighted by Crippen LogP contribution is -2.40. The van der Waals surface area contributed by atoms with Gasteiger partial charge in [0.1, 0.15) is 11.8 Å². The van der Waals surface area contributed by atoms with Crippen molar-refractivity contribution >= 4 is 11.7 Å². The molecule has 98 valence electrons. The van der Waals surface area contributed by atoms with Crippen LogP contribution in [0.2, 0.25) is 0 Å². The molecule has 19 heavy (non-hydrogen) atoms. The Bertz CT molecular complexity index is 514. The van der Waals surface area contributed by atoms with Gasteiger partial charge in [0, 0.05) is 12.2 Å². The molecule has 3 N–H and O–H groups in total. The summed E-state index contributed by atoms with van der Waals surface area (Å²) in [6, 6.07) is 17.8. The van der Waals surface area contributed by atoms with Gasteiger partial charge in [0.05, 0.1) is 0 Å². The van der Waals surface area contributed by atoms with E-state index < -0.39 is 12.0 Å². The number of ether oxygens (including phenoxy) is 1. The van der Waals surface area contributed by atoms with Crippen LogP contribution in [0.4, 0.5) is 5.69 Å². The molecule has 0 fully saturated rings. The molecule has 0 aromatic heterocycles. The molecule has 4 heteroatoms. The summed E-state index contributed by atoms with van der Waals surface area (Å²) in [5, 5.41) is 3.09. The fraction of sp³-hybridized carbons (Fsp3) is 0.133. The summed E-state index contributed by atoms with van der Waals surface area (Å²) in [5.41, 5.74) is 6.70. The number of benzene rings is 2. The molecule has 2 aromatic carbocycles. The first-order chi connectivity index (χ1) is 9.25. The van der Waals surface area contributed by atoms with Crippen molar-refractivity contribution in [1.29, 1.82) is 0 Å². The van der Waals surface area contributed by atoms with Crippen molar-refractivity contribution in [3.05, 3.63) is 60.7 Å². The monoisotopic (exact) mass is 256 g/mol. The molecule has 0 amide bonds. The molecule has 2 aromatic rings. The molecule has 0 aliphatic carbocycles. The van der Waals surface area contributed by atoms with Crippen molar-refractivity contribution in [2.75, 3.05) is 11.9 Å². The van der Waals surface area contributed by atoms with Gasteiger partial charge in [0.2, 0.25) is 0 Å². The quantitative estimate of drug-likeness (QED) is 0.634. The topological polar surface area (TPSA) is 64.3 Å². The normalized spacial score (nSPS) is 11.6. The van der Waals surface area contributed by atoms with E-state index in [-0.39, 0.29) is 0 Å². The van der Waals surface area contributed by atoms with E-state index in [0.29, 0.717) is 12.3 Å². The summed E-state index contributed by atoms with van der Waals surface area (Å²) in [4.78, 5) is 11.7. The van der Waals surface area contributed by atoms with Gasteiger partial charge in [-0.1, -0.05) is 36.4 Å². The largest absolute Gasteiger partial charge is 0.425 e. The van der Waals surface area contributed by atoms with Gasteiger partial charge in [0.15, 0.2) is 0 Å². The molecule has 0 spiro atoms. The molecular formula is C15H16N2O2. The highest BCUT2D eigenvalue weighted by Crippen LogP contribution is 2.09. The van der Waals surface area contributed by atoms with Crippen LogP contribution in [0.5, 0.6) is 5.75 Å². The van der Waals surface area contributed by atoms with Crippen molar-refractivity contribution in [2.24, 2.45) is 5.73 Å². The Morgan fingerprint density at radius 2 is 1.63 bits per heavy atom. The fourth-order valence-corrected chi connectivity index (χ4v) is 1.55. The molecule has 0 aliphatic rings. The van der Waals surface area contributed by atoms with Crippen LogP contribution >= 0.6 is 0 Å². The van der Waals surface area contributed by atoms with Crippen LogP contribution in [0.1, 0.15) is 0 Å². The first kappa shape index (κ1) is 13.1. The fourth-order valence-electron chi connectivity index (χ4n) is 1.55. The standard InChI is InChI=1S/C15H16N2O2/c16-14(11-17-12-7-3-1-4-8-12)15(18)19-13-9-5-2-6-10-13/h1-10,14,17H,11,16H2. The van der Waals surface area contributed by atoms with Crippen LogP contribution in [0.25, 0.3) is 0 Å². The molecule has 0 saturated carbocycles. The molecule has 1 unspecified atom stereocenters. The number of nitrogens with one attached hydrogen (secondary N) is 1. The second-order valence-corrected chi connectivity index (χ2v) is 4.09. The first-order valence-electron chi connectivity index (χ1n) is 6.07. The maximum Gasteiger partial charge on any atom is 0.330 e. The predicted octanol–water partition coefficient (Wildman–Crippen LogP) is 2.03. The van der Waals surface area contributed by atoms with E-state index in [1.165, 1.54) is 0 Å². The summed E-state index contributed by atoms with van der Waals surface area (Å²) < 4.78 is 5.16. The van der Waals surface area contributed by atoms with Gasteiger partial charge in [-0.25, -0.2) is 4.79 Å². The van der Waals surface area contributed by atoms with E-state index in [4.69, 9.17) is 10.5 Å². The van der Waals surface area contributed by atoms with Crippen molar-refractivity contribution < 1.29 is 9.53 Å². The zero-order valence-corrected chi connectivity index (χ0v) is 10.5. The molecule has 0 heterocycles. The summed E-state index contributed by atoms with van der Waals surface area (Å²) in [6.45, 7) is 0.329. The summed E-state index contributed by atoms with van der Waals surface area (Å²) in [5.74, 6) is 0.0530. The van der Waals surface area contributed by atoms with E-state index in [9.17, 15) is 4.79 Å². The lowest BCUT2D eigenvalue weighted by Gasteiger charge is -2.13. The zero-order valence-electron chi connectivity index (χ0n) is 10.5. The van der Waals surface area contributed by atoms with Crippen molar-refractivity contribution in [2.45, 2.75) is 6.04 Å². The highest BCUT2D eigenvalue weighted by molar-refractivity contribution is 5.78. The number of hydrogen-bond donors (Lipinski definition) is 2. The first-order valence-corrected chi connectivity index (χ1v) is 6.07. The van der Waals surface area contributed by atoms with Gasteiger partial charge in [-0.2, -0.15) is 0 Å². The Balaban J connectivity index is 1.83. The van der Waals surface area contributed by atoms with E-state index in [1.807, 2.05) is 36.4 Å². The maximum atomic E-state index is 11.7. The summed E-state index contributed by atoms with van der Waals surface area (Å²) in [7, 11) is 0. The summed E-state index contributed by atoms with van der Waals surface area (Å²) in [6.07, 6.45) is 0. The van der Waals surface area contributed by atoms with E-state index in [2.05, 4.69) is 5.32 Å². The third-order valence-electron chi connectivity index (χ3n) is 2.56. The molecule has 0 saturated heterocycles. The van der Waals surface area contributed by atoms with E-state index >= 15 is 0 Å². The Labute approximate surface area is 112 Å². The van der Waals surface area contributed by atoms with E-state index in [1.54, 1.807) is 24.3 Å². The second kappa shape index (κ2) is 6.56.